The van der Waals surface area contributed by atoms with Crippen molar-refractivity contribution in [2.45, 2.75) is 26.2 Å². The summed E-state index contributed by atoms with van der Waals surface area (Å²) in [7, 11) is 0. The van der Waals surface area contributed by atoms with Crippen molar-refractivity contribution in [3.8, 4) is 0 Å². The smallest absolute Gasteiger partial charge is 0.262 e. The van der Waals surface area contributed by atoms with Gasteiger partial charge in [-0.25, -0.2) is 0 Å². The van der Waals surface area contributed by atoms with E-state index < -0.39 is 0 Å². The molecular formula is C11H15Cl2NOS. The van der Waals surface area contributed by atoms with Crippen LogP contribution in [0.5, 0.6) is 0 Å². The first kappa shape index (κ1) is 13.8. The van der Waals surface area contributed by atoms with Gasteiger partial charge in [0.05, 0.1) is 5.02 Å². The fourth-order valence-corrected chi connectivity index (χ4v) is 2.65. The summed E-state index contributed by atoms with van der Waals surface area (Å²) in [5, 5.41) is 5.32. The van der Waals surface area contributed by atoms with Crippen LogP contribution in [0, 0.1) is 6.92 Å². The van der Waals surface area contributed by atoms with E-state index in [0.29, 0.717) is 22.3 Å². The van der Waals surface area contributed by atoms with Crippen molar-refractivity contribution >= 4 is 40.4 Å². The molecule has 0 fully saturated rings. The molecule has 1 aromatic rings. The number of aryl methyl sites for hydroxylation is 1. The average Bonchev–Trinajstić information content (AvgIpc) is 2.59. The Hall–Kier alpha value is -0.250. The lowest BCUT2D eigenvalue weighted by atomic mass is 10.2. The zero-order chi connectivity index (χ0) is 12.0. The number of amides is 1. The lowest BCUT2D eigenvalue weighted by molar-refractivity contribution is 0.0957. The molecule has 1 aromatic heterocycles. The molecule has 1 amide bonds. The SMILES string of the molecule is Cc1csc(C(=O)NCCCCCCl)c1Cl. The molecule has 16 heavy (non-hydrogen) atoms. The Labute approximate surface area is 110 Å². The number of carbonyl (C=O) groups is 1. The summed E-state index contributed by atoms with van der Waals surface area (Å²) in [5.74, 6) is 0.609. The molecule has 90 valence electrons. The highest BCUT2D eigenvalue weighted by molar-refractivity contribution is 7.13. The second-order valence-corrected chi connectivity index (χ2v) is 5.20. The van der Waals surface area contributed by atoms with Crippen LogP contribution in [0.1, 0.15) is 34.5 Å². The third-order valence-corrected chi connectivity index (χ3v) is 4.16. The van der Waals surface area contributed by atoms with Crippen LogP contribution in [0.15, 0.2) is 5.38 Å². The number of nitrogens with one attached hydrogen (secondary N) is 1. The Morgan fingerprint density at radius 2 is 2.19 bits per heavy atom. The van der Waals surface area contributed by atoms with Gasteiger partial charge in [0.1, 0.15) is 4.88 Å². The molecule has 0 saturated heterocycles. The average molecular weight is 280 g/mol. The van der Waals surface area contributed by atoms with Crippen LogP contribution in [0.25, 0.3) is 0 Å². The maximum absolute atomic E-state index is 11.7. The third kappa shape index (κ3) is 3.96. The van der Waals surface area contributed by atoms with Crippen LogP contribution < -0.4 is 5.32 Å². The summed E-state index contributed by atoms with van der Waals surface area (Å²) in [5.41, 5.74) is 0.957. The largest absolute Gasteiger partial charge is 0.351 e. The van der Waals surface area contributed by atoms with Crippen LogP contribution in [0.2, 0.25) is 5.02 Å². The van der Waals surface area contributed by atoms with E-state index in [4.69, 9.17) is 23.2 Å². The molecule has 0 aromatic carbocycles. The minimum Gasteiger partial charge on any atom is -0.351 e. The van der Waals surface area contributed by atoms with Crippen molar-refractivity contribution in [2.75, 3.05) is 12.4 Å². The zero-order valence-electron chi connectivity index (χ0n) is 9.19. The second kappa shape index (κ2) is 7.15. The highest BCUT2D eigenvalue weighted by Crippen LogP contribution is 2.26. The second-order valence-electron chi connectivity index (χ2n) is 3.57. The number of hydrogen-bond acceptors (Lipinski definition) is 2. The number of carbonyl (C=O) groups excluding carboxylic acids is 1. The van der Waals surface area contributed by atoms with Gasteiger partial charge >= 0.3 is 0 Å². The summed E-state index contributed by atoms with van der Waals surface area (Å²) < 4.78 is 0. The summed E-state index contributed by atoms with van der Waals surface area (Å²) in [6.07, 6.45) is 3.00. The normalized spacial score (nSPS) is 10.4. The summed E-state index contributed by atoms with van der Waals surface area (Å²) >= 11 is 12.9. The monoisotopic (exact) mass is 279 g/mol. The van der Waals surface area contributed by atoms with Crippen LogP contribution in [-0.2, 0) is 0 Å². The first-order valence-corrected chi connectivity index (χ1v) is 7.03. The fourth-order valence-electron chi connectivity index (χ4n) is 1.26. The summed E-state index contributed by atoms with van der Waals surface area (Å²) in [6.45, 7) is 2.58. The zero-order valence-corrected chi connectivity index (χ0v) is 11.5. The van der Waals surface area contributed by atoms with E-state index in [0.717, 1.165) is 24.8 Å². The number of halogens is 2. The van der Waals surface area contributed by atoms with Crippen molar-refractivity contribution in [2.24, 2.45) is 0 Å². The molecule has 0 spiro atoms. The number of thiophene rings is 1. The maximum atomic E-state index is 11.7. The standard InChI is InChI=1S/C11H15Cl2NOS/c1-8-7-16-10(9(8)13)11(15)14-6-4-2-3-5-12/h7H,2-6H2,1H3,(H,14,15). The Bertz CT molecular complexity index is 352. The van der Waals surface area contributed by atoms with Gasteiger partial charge in [-0.3, -0.25) is 4.79 Å². The highest BCUT2D eigenvalue weighted by atomic mass is 35.5. The molecule has 0 atom stereocenters. The molecule has 0 aliphatic carbocycles. The van der Waals surface area contributed by atoms with Crippen LogP contribution in [-0.4, -0.2) is 18.3 Å². The summed E-state index contributed by atoms with van der Waals surface area (Å²) in [6, 6.07) is 0. The van der Waals surface area contributed by atoms with Crippen molar-refractivity contribution in [1.82, 2.24) is 5.32 Å². The topological polar surface area (TPSA) is 29.1 Å². The molecule has 1 heterocycles. The molecule has 0 saturated carbocycles. The van der Waals surface area contributed by atoms with Gasteiger partial charge in [0.2, 0.25) is 0 Å². The Morgan fingerprint density at radius 1 is 1.44 bits per heavy atom. The molecule has 0 aliphatic heterocycles. The predicted octanol–water partition coefficient (Wildman–Crippen LogP) is 3.85. The van der Waals surface area contributed by atoms with Gasteiger partial charge in [-0.05, 0) is 30.7 Å². The molecule has 5 heteroatoms. The number of rotatable bonds is 6. The van der Waals surface area contributed by atoms with Crippen molar-refractivity contribution in [3.05, 3.63) is 20.8 Å². The molecule has 1 rings (SSSR count). The number of hydrogen-bond donors (Lipinski definition) is 1. The minimum absolute atomic E-state index is 0.0750. The first-order valence-electron chi connectivity index (χ1n) is 5.24. The van der Waals surface area contributed by atoms with Crippen molar-refractivity contribution in [1.29, 1.82) is 0 Å². The lowest BCUT2D eigenvalue weighted by Crippen LogP contribution is -2.23. The van der Waals surface area contributed by atoms with Crippen LogP contribution >= 0.6 is 34.5 Å². The van der Waals surface area contributed by atoms with Gasteiger partial charge in [-0.15, -0.1) is 22.9 Å². The predicted molar refractivity (Wildman–Crippen MR) is 71.0 cm³/mol. The fraction of sp³-hybridized carbons (Fsp3) is 0.545. The van der Waals surface area contributed by atoms with Crippen molar-refractivity contribution in [3.63, 3.8) is 0 Å². The lowest BCUT2D eigenvalue weighted by Gasteiger charge is -2.03. The minimum atomic E-state index is -0.0750. The Kier molecular flexibility index (Phi) is 6.17. The molecular weight excluding hydrogens is 265 g/mol. The van der Waals surface area contributed by atoms with E-state index in [1.54, 1.807) is 0 Å². The van der Waals surface area contributed by atoms with Gasteiger partial charge in [0.15, 0.2) is 0 Å². The molecule has 2 nitrogen and oxygen atoms in total. The Balaban J connectivity index is 2.33. The van der Waals surface area contributed by atoms with E-state index >= 15 is 0 Å². The van der Waals surface area contributed by atoms with Gasteiger partial charge < -0.3 is 5.32 Å². The molecule has 0 aliphatic rings. The van der Waals surface area contributed by atoms with E-state index in [2.05, 4.69) is 5.32 Å². The van der Waals surface area contributed by atoms with E-state index in [1.807, 2.05) is 12.3 Å². The molecule has 0 bridgehead atoms. The third-order valence-electron chi connectivity index (χ3n) is 2.20. The number of unbranched alkanes of at least 4 members (excludes halogenated alkanes) is 2. The maximum Gasteiger partial charge on any atom is 0.262 e. The van der Waals surface area contributed by atoms with E-state index in [9.17, 15) is 4.79 Å². The summed E-state index contributed by atoms with van der Waals surface area (Å²) in [4.78, 5) is 12.3. The van der Waals surface area contributed by atoms with Gasteiger partial charge in [-0.1, -0.05) is 18.0 Å². The van der Waals surface area contributed by atoms with Crippen LogP contribution in [0.3, 0.4) is 0 Å². The molecule has 0 unspecified atom stereocenters. The van der Waals surface area contributed by atoms with E-state index in [-0.39, 0.29) is 5.91 Å². The van der Waals surface area contributed by atoms with E-state index in [1.165, 1.54) is 11.3 Å². The van der Waals surface area contributed by atoms with Gasteiger partial charge in [0, 0.05) is 12.4 Å². The molecule has 0 radical (unpaired) electrons. The molecule has 1 N–H and O–H groups in total. The highest BCUT2D eigenvalue weighted by Gasteiger charge is 2.13. The first-order chi connectivity index (χ1) is 7.66. The quantitative estimate of drug-likeness (QED) is 0.622. The van der Waals surface area contributed by atoms with Gasteiger partial charge in [-0.2, -0.15) is 0 Å². The number of alkyl halides is 1. The van der Waals surface area contributed by atoms with Crippen molar-refractivity contribution < 1.29 is 4.79 Å². The van der Waals surface area contributed by atoms with Crippen LogP contribution in [0.4, 0.5) is 0 Å². The van der Waals surface area contributed by atoms with Gasteiger partial charge in [0.25, 0.3) is 5.91 Å². The Morgan fingerprint density at radius 3 is 2.75 bits per heavy atom.